The predicted octanol–water partition coefficient (Wildman–Crippen LogP) is 5.52. The van der Waals surface area contributed by atoms with Crippen LogP contribution in [0.3, 0.4) is 0 Å². The number of carbonyl (C=O) groups is 1. The van der Waals surface area contributed by atoms with E-state index in [-0.39, 0.29) is 0 Å². The Morgan fingerprint density at radius 1 is 0.947 bits per heavy atom. The van der Waals surface area contributed by atoms with Gasteiger partial charge in [-0.2, -0.15) is 0 Å². The summed E-state index contributed by atoms with van der Waals surface area (Å²) in [7, 11) is 0. The van der Waals surface area contributed by atoms with Gasteiger partial charge >= 0.3 is 0 Å². The van der Waals surface area contributed by atoms with Crippen molar-refractivity contribution in [3.8, 4) is 0 Å². The highest BCUT2D eigenvalue weighted by Gasteiger charge is 2.39. The second-order valence-electron chi connectivity index (χ2n) is 7.05. The summed E-state index contributed by atoms with van der Waals surface area (Å²) in [4.78, 5) is 12.0. The van der Waals surface area contributed by atoms with Crippen LogP contribution in [0.5, 0.6) is 0 Å². The van der Waals surface area contributed by atoms with Crippen LogP contribution in [0.15, 0.2) is 0 Å². The van der Waals surface area contributed by atoms with Crippen LogP contribution in [0.25, 0.3) is 0 Å². The monoisotopic (exact) mass is 264 g/mol. The van der Waals surface area contributed by atoms with Crippen molar-refractivity contribution < 1.29 is 4.79 Å². The Labute approximate surface area is 119 Å². The third-order valence-corrected chi connectivity index (χ3v) is 5.43. The first kappa shape index (κ1) is 15.1. The molecule has 0 amide bonds. The van der Waals surface area contributed by atoms with Gasteiger partial charge in [0.15, 0.2) is 0 Å². The molecule has 0 aromatic heterocycles. The third-order valence-electron chi connectivity index (χ3n) is 5.43. The number of hydrogen-bond acceptors (Lipinski definition) is 1. The molecule has 2 aliphatic carbocycles. The maximum atomic E-state index is 12.0. The van der Waals surface area contributed by atoms with E-state index in [1.165, 1.54) is 64.2 Å². The van der Waals surface area contributed by atoms with Gasteiger partial charge in [0.25, 0.3) is 0 Å². The third kappa shape index (κ3) is 4.93. The molecule has 1 nitrogen and oxygen atoms in total. The van der Waals surface area contributed by atoms with Gasteiger partial charge in [-0.05, 0) is 43.4 Å². The minimum atomic E-state index is 0.561. The minimum Gasteiger partial charge on any atom is -0.300 e. The largest absolute Gasteiger partial charge is 0.300 e. The first-order valence-electron chi connectivity index (χ1n) is 8.81. The van der Waals surface area contributed by atoms with Gasteiger partial charge in [-0.15, -0.1) is 0 Å². The number of hydrogen-bond donors (Lipinski definition) is 0. The molecule has 0 aliphatic heterocycles. The van der Waals surface area contributed by atoms with Gasteiger partial charge in [-0.3, -0.25) is 4.79 Å². The molecule has 2 bridgehead atoms. The number of carbonyl (C=O) groups excluding carboxylic acids is 1. The number of Topliss-reactive ketones (excluding diaryl/α,β-unsaturated/α-hetero) is 1. The highest BCUT2D eigenvalue weighted by atomic mass is 16.1. The number of fused-ring (bicyclic) bond motifs is 2. The van der Waals surface area contributed by atoms with Gasteiger partial charge in [0.2, 0.25) is 0 Å². The molecule has 110 valence electrons. The fourth-order valence-electron chi connectivity index (χ4n) is 4.30. The molecule has 0 heterocycles. The molecule has 0 aromatic rings. The van der Waals surface area contributed by atoms with Gasteiger partial charge < -0.3 is 0 Å². The summed E-state index contributed by atoms with van der Waals surface area (Å²) >= 11 is 0. The van der Waals surface area contributed by atoms with E-state index >= 15 is 0 Å². The van der Waals surface area contributed by atoms with Crippen LogP contribution in [-0.4, -0.2) is 5.78 Å². The second-order valence-corrected chi connectivity index (χ2v) is 7.05. The summed E-state index contributed by atoms with van der Waals surface area (Å²) in [5.74, 6) is 3.24. The lowest BCUT2D eigenvalue weighted by Crippen LogP contribution is -2.15. The first-order chi connectivity index (χ1) is 9.29. The van der Waals surface area contributed by atoms with E-state index in [1.807, 2.05) is 0 Å². The average molecular weight is 264 g/mol. The Bertz CT molecular complexity index is 271. The van der Waals surface area contributed by atoms with Crippen LogP contribution >= 0.6 is 0 Å². The van der Waals surface area contributed by atoms with Gasteiger partial charge in [-0.25, -0.2) is 0 Å². The molecule has 2 fully saturated rings. The summed E-state index contributed by atoms with van der Waals surface area (Å²) in [5.41, 5.74) is 0. The minimum absolute atomic E-state index is 0.561. The van der Waals surface area contributed by atoms with Crippen molar-refractivity contribution in [2.24, 2.45) is 17.8 Å². The van der Waals surface area contributed by atoms with Gasteiger partial charge in [0, 0.05) is 12.8 Å². The smallest absolute Gasteiger partial charge is 0.133 e. The molecule has 0 aromatic carbocycles. The Hall–Kier alpha value is -0.330. The summed E-state index contributed by atoms with van der Waals surface area (Å²) in [6, 6.07) is 0. The molecule has 0 N–H and O–H groups in total. The Balaban J connectivity index is 1.46. The fourth-order valence-corrected chi connectivity index (χ4v) is 4.30. The summed E-state index contributed by atoms with van der Waals surface area (Å²) in [6.45, 7) is 2.26. The Morgan fingerprint density at radius 3 is 2.32 bits per heavy atom. The zero-order valence-corrected chi connectivity index (χ0v) is 12.8. The highest BCUT2D eigenvalue weighted by Crippen LogP contribution is 2.49. The number of rotatable bonds is 10. The standard InChI is InChI=1S/C18H32O/c1-2-3-4-5-6-7-8-9-18(19)14-17-13-15-10-11-16(17)12-15/h15-17H,2-14H2,1H3. The zero-order valence-electron chi connectivity index (χ0n) is 12.8. The summed E-state index contributed by atoms with van der Waals surface area (Å²) in [5, 5.41) is 0. The molecular weight excluding hydrogens is 232 g/mol. The van der Waals surface area contributed by atoms with Crippen LogP contribution in [0.2, 0.25) is 0 Å². The molecule has 2 saturated carbocycles. The summed E-state index contributed by atoms with van der Waals surface area (Å²) < 4.78 is 0. The topological polar surface area (TPSA) is 17.1 Å². The lowest BCUT2D eigenvalue weighted by Gasteiger charge is -2.20. The molecule has 3 atom stereocenters. The molecule has 0 radical (unpaired) electrons. The van der Waals surface area contributed by atoms with Crippen molar-refractivity contribution in [3.05, 3.63) is 0 Å². The quantitative estimate of drug-likeness (QED) is 0.475. The fraction of sp³-hybridized carbons (Fsp3) is 0.944. The van der Waals surface area contributed by atoms with Crippen LogP contribution in [0.4, 0.5) is 0 Å². The lowest BCUT2D eigenvalue weighted by molar-refractivity contribution is -0.120. The average Bonchev–Trinajstić information content (AvgIpc) is 3.00. The molecule has 0 saturated heterocycles. The zero-order chi connectivity index (χ0) is 13.5. The van der Waals surface area contributed by atoms with Crippen LogP contribution < -0.4 is 0 Å². The second kappa shape index (κ2) is 8.07. The molecular formula is C18H32O. The van der Waals surface area contributed by atoms with E-state index in [9.17, 15) is 4.79 Å². The molecule has 0 spiro atoms. The van der Waals surface area contributed by atoms with Crippen molar-refractivity contribution >= 4 is 5.78 Å². The molecule has 3 unspecified atom stereocenters. The molecule has 2 rings (SSSR count). The van der Waals surface area contributed by atoms with Gasteiger partial charge in [0.05, 0.1) is 0 Å². The number of unbranched alkanes of at least 4 members (excludes halogenated alkanes) is 6. The Morgan fingerprint density at radius 2 is 1.68 bits per heavy atom. The maximum Gasteiger partial charge on any atom is 0.133 e. The SMILES string of the molecule is CCCCCCCCCC(=O)CC1CC2CCC1C2. The molecule has 19 heavy (non-hydrogen) atoms. The van der Waals surface area contributed by atoms with Crippen LogP contribution in [0.1, 0.15) is 90.4 Å². The lowest BCUT2D eigenvalue weighted by atomic mass is 9.84. The van der Waals surface area contributed by atoms with Gasteiger partial charge in [0.1, 0.15) is 5.78 Å². The van der Waals surface area contributed by atoms with Crippen molar-refractivity contribution in [1.82, 2.24) is 0 Å². The number of ketones is 1. The highest BCUT2D eigenvalue weighted by molar-refractivity contribution is 5.78. The van der Waals surface area contributed by atoms with E-state index in [2.05, 4.69) is 6.92 Å². The van der Waals surface area contributed by atoms with E-state index in [0.717, 1.165) is 37.0 Å². The Kier molecular flexibility index (Phi) is 6.40. The molecule has 1 heteroatoms. The van der Waals surface area contributed by atoms with Crippen molar-refractivity contribution in [3.63, 3.8) is 0 Å². The van der Waals surface area contributed by atoms with Crippen molar-refractivity contribution in [2.45, 2.75) is 90.4 Å². The van der Waals surface area contributed by atoms with Gasteiger partial charge in [-0.1, -0.05) is 51.9 Å². The van der Waals surface area contributed by atoms with Crippen molar-refractivity contribution in [1.29, 1.82) is 0 Å². The maximum absolute atomic E-state index is 12.0. The first-order valence-corrected chi connectivity index (χ1v) is 8.81. The molecule has 2 aliphatic rings. The van der Waals surface area contributed by atoms with Crippen molar-refractivity contribution in [2.75, 3.05) is 0 Å². The normalized spacial score (nSPS) is 29.0. The summed E-state index contributed by atoms with van der Waals surface area (Å²) in [6.07, 6.45) is 16.7. The predicted molar refractivity (Wildman–Crippen MR) is 81.2 cm³/mol. The van der Waals surface area contributed by atoms with E-state index in [1.54, 1.807) is 0 Å². The van der Waals surface area contributed by atoms with E-state index in [4.69, 9.17) is 0 Å². The van der Waals surface area contributed by atoms with Crippen LogP contribution in [0, 0.1) is 17.8 Å². The van der Waals surface area contributed by atoms with Crippen LogP contribution in [-0.2, 0) is 4.79 Å². The van der Waals surface area contributed by atoms with E-state index < -0.39 is 0 Å². The van der Waals surface area contributed by atoms with E-state index in [0.29, 0.717) is 5.78 Å².